The summed E-state index contributed by atoms with van der Waals surface area (Å²) < 4.78 is 0. The van der Waals surface area contributed by atoms with Crippen LogP contribution in [-0.2, 0) is 4.79 Å². The lowest BCUT2D eigenvalue weighted by atomic mass is 9.93. The van der Waals surface area contributed by atoms with Crippen molar-refractivity contribution in [1.82, 2.24) is 15.1 Å². The lowest BCUT2D eigenvalue weighted by Crippen LogP contribution is -2.62. The van der Waals surface area contributed by atoms with Crippen molar-refractivity contribution in [3.8, 4) is 0 Å². The average molecular weight is 423 g/mol. The van der Waals surface area contributed by atoms with E-state index in [1.54, 1.807) is 0 Å². The van der Waals surface area contributed by atoms with Gasteiger partial charge in [0.05, 0.1) is 5.54 Å². The fourth-order valence-corrected chi connectivity index (χ4v) is 2.75. The van der Waals surface area contributed by atoms with Crippen LogP contribution in [0.4, 0.5) is 0 Å². The number of hydrogen-bond donors (Lipinski definition) is 2. The highest BCUT2D eigenvalue weighted by atomic mass is 127. The number of piperazine rings is 1. The van der Waals surface area contributed by atoms with Gasteiger partial charge in [0.2, 0.25) is 5.91 Å². The van der Waals surface area contributed by atoms with Gasteiger partial charge >= 0.3 is 0 Å². The molecule has 1 amide bonds. The maximum absolute atomic E-state index is 11.6. The zero-order valence-electron chi connectivity index (χ0n) is 14.0. The number of amides is 1. The summed E-state index contributed by atoms with van der Waals surface area (Å²) in [6, 6.07) is 0.593. The molecule has 0 unspecified atom stereocenters. The van der Waals surface area contributed by atoms with Crippen LogP contribution in [0.2, 0.25) is 0 Å². The maximum Gasteiger partial charge on any atom is 0.237 e. The van der Waals surface area contributed by atoms with Gasteiger partial charge in [0.15, 0.2) is 5.96 Å². The Morgan fingerprint density at radius 2 is 1.86 bits per heavy atom. The molecule has 2 fully saturated rings. The molecule has 6 nitrogen and oxygen atoms in total. The number of nitrogens with one attached hydrogen (secondary N) is 1. The summed E-state index contributed by atoms with van der Waals surface area (Å²) >= 11 is 0. The molecule has 1 heterocycles. The van der Waals surface area contributed by atoms with Crippen LogP contribution in [0.3, 0.4) is 0 Å². The van der Waals surface area contributed by atoms with Crippen LogP contribution in [0, 0.1) is 0 Å². The molecule has 0 spiro atoms. The fraction of sp³-hybridized carbons (Fsp3) is 0.867. The van der Waals surface area contributed by atoms with Crippen LogP contribution in [0.1, 0.15) is 40.0 Å². The first-order valence-corrected chi connectivity index (χ1v) is 8.06. The maximum atomic E-state index is 11.6. The van der Waals surface area contributed by atoms with Crippen molar-refractivity contribution in [3.05, 3.63) is 0 Å². The average Bonchev–Trinajstić information content (AvgIpc) is 2.41. The van der Waals surface area contributed by atoms with Crippen molar-refractivity contribution in [2.24, 2.45) is 10.7 Å². The number of carbonyl (C=O) groups is 1. The van der Waals surface area contributed by atoms with E-state index in [4.69, 9.17) is 5.73 Å². The SMILES string of the molecule is CCN=C(NC1CCC1)N1CCN(C(C)(C)C(N)=O)CC1.I. The van der Waals surface area contributed by atoms with Gasteiger partial charge in [0, 0.05) is 38.8 Å². The Morgan fingerprint density at radius 3 is 2.27 bits per heavy atom. The standard InChI is InChI=1S/C15H29N5O.HI/c1-4-17-14(18-12-6-5-7-12)19-8-10-20(11-9-19)15(2,3)13(16)21;/h12H,4-11H2,1-3H3,(H2,16,21)(H,17,18);1H. The van der Waals surface area contributed by atoms with Crippen molar-refractivity contribution in [1.29, 1.82) is 0 Å². The van der Waals surface area contributed by atoms with E-state index in [1.165, 1.54) is 19.3 Å². The van der Waals surface area contributed by atoms with Gasteiger partial charge < -0.3 is 16.0 Å². The minimum Gasteiger partial charge on any atom is -0.368 e. The van der Waals surface area contributed by atoms with E-state index in [1.807, 2.05) is 13.8 Å². The third-order valence-electron chi connectivity index (χ3n) is 4.72. The first kappa shape index (κ1) is 19.5. The van der Waals surface area contributed by atoms with Gasteiger partial charge in [-0.1, -0.05) is 0 Å². The molecule has 22 heavy (non-hydrogen) atoms. The molecule has 1 aliphatic carbocycles. The van der Waals surface area contributed by atoms with Crippen LogP contribution < -0.4 is 11.1 Å². The minimum absolute atomic E-state index is 0. The number of nitrogens with zero attached hydrogens (tertiary/aromatic N) is 3. The predicted octanol–water partition coefficient (Wildman–Crippen LogP) is 1.00. The summed E-state index contributed by atoms with van der Waals surface area (Å²) in [5.41, 5.74) is 4.93. The molecule has 0 atom stereocenters. The minimum atomic E-state index is -0.574. The Kier molecular flexibility index (Phi) is 7.37. The van der Waals surface area contributed by atoms with E-state index in [-0.39, 0.29) is 29.9 Å². The summed E-state index contributed by atoms with van der Waals surface area (Å²) in [5.74, 6) is 0.768. The molecule has 1 saturated heterocycles. The van der Waals surface area contributed by atoms with E-state index in [0.717, 1.165) is 38.7 Å². The zero-order valence-corrected chi connectivity index (χ0v) is 16.3. The second kappa shape index (κ2) is 8.33. The second-order valence-electron chi connectivity index (χ2n) is 6.47. The summed E-state index contributed by atoms with van der Waals surface area (Å²) in [6.45, 7) is 10.1. The van der Waals surface area contributed by atoms with Crippen LogP contribution in [0.5, 0.6) is 0 Å². The van der Waals surface area contributed by atoms with Gasteiger partial charge in [-0.15, -0.1) is 24.0 Å². The molecule has 2 rings (SSSR count). The fourth-order valence-electron chi connectivity index (χ4n) is 2.75. The molecule has 0 radical (unpaired) electrons. The Morgan fingerprint density at radius 1 is 1.27 bits per heavy atom. The van der Waals surface area contributed by atoms with Crippen LogP contribution in [0.25, 0.3) is 0 Å². The van der Waals surface area contributed by atoms with Gasteiger partial charge in [0.1, 0.15) is 0 Å². The molecule has 7 heteroatoms. The normalized spacial score (nSPS) is 21.0. The summed E-state index contributed by atoms with van der Waals surface area (Å²) in [7, 11) is 0. The molecule has 0 aromatic carbocycles. The van der Waals surface area contributed by atoms with Crippen molar-refractivity contribution in [2.75, 3.05) is 32.7 Å². The number of aliphatic imine (C=N–C) groups is 1. The molecule has 2 aliphatic rings. The number of carbonyl (C=O) groups excluding carboxylic acids is 1. The Hall–Kier alpha value is -0.570. The highest BCUT2D eigenvalue weighted by Crippen LogP contribution is 2.20. The van der Waals surface area contributed by atoms with Gasteiger partial charge in [0.25, 0.3) is 0 Å². The van der Waals surface area contributed by atoms with E-state index in [0.29, 0.717) is 6.04 Å². The molecule has 1 saturated carbocycles. The monoisotopic (exact) mass is 423 g/mol. The molecule has 1 aliphatic heterocycles. The number of hydrogen-bond acceptors (Lipinski definition) is 3. The first-order chi connectivity index (χ1) is 9.95. The third-order valence-corrected chi connectivity index (χ3v) is 4.72. The number of primary amides is 1. The van der Waals surface area contributed by atoms with Crippen molar-refractivity contribution >= 4 is 35.8 Å². The lowest BCUT2D eigenvalue weighted by Gasteiger charge is -2.43. The number of halogens is 1. The number of rotatable bonds is 4. The summed E-state index contributed by atoms with van der Waals surface area (Å²) in [6.07, 6.45) is 3.81. The smallest absolute Gasteiger partial charge is 0.237 e. The van der Waals surface area contributed by atoms with Gasteiger partial charge in [-0.25, -0.2) is 0 Å². The zero-order chi connectivity index (χ0) is 15.5. The van der Waals surface area contributed by atoms with Crippen LogP contribution in [0.15, 0.2) is 4.99 Å². The highest BCUT2D eigenvalue weighted by Gasteiger charge is 2.35. The molecule has 128 valence electrons. The van der Waals surface area contributed by atoms with E-state index < -0.39 is 5.54 Å². The molecule has 0 bridgehead atoms. The third kappa shape index (κ3) is 4.47. The van der Waals surface area contributed by atoms with E-state index >= 15 is 0 Å². The topological polar surface area (TPSA) is 74.0 Å². The molecule has 0 aromatic heterocycles. The van der Waals surface area contributed by atoms with Gasteiger partial charge in [-0.3, -0.25) is 14.7 Å². The first-order valence-electron chi connectivity index (χ1n) is 8.06. The van der Waals surface area contributed by atoms with Crippen molar-refractivity contribution in [2.45, 2.75) is 51.6 Å². The molecular formula is C15H30IN5O. The largest absolute Gasteiger partial charge is 0.368 e. The summed E-state index contributed by atoms with van der Waals surface area (Å²) in [4.78, 5) is 20.6. The number of guanidine groups is 1. The summed E-state index contributed by atoms with van der Waals surface area (Å²) in [5, 5.41) is 3.57. The predicted molar refractivity (Wildman–Crippen MR) is 101 cm³/mol. The quantitative estimate of drug-likeness (QED) is 0.402. The van der Waals surface area contributed by atoms with Crippen molar-refractivity contribution in [3.63, 3.8) is 0 Å². The van der Waals surface area contributed by atoms with Gasteiger partial charge in [-0.2, -0.15) is 0 Å². The highest BCUT2D eigenvalue weighted by molar-refractivity contribution is 14.0. The van der Waals surface area contributed by atoms with Crippen LogP contribution in [-0.4, -0.2) is 66.0 Å². The molecular weight excluding hydrogens is 393 g/mol. The lowest BCUT2D eigenvalue weighted by molar-refractivity contribution is -0.129. The Labute approximate surface area is 150 Å². The Bertz CT molecular complexity index is 401. The van der Waals surface area contributed by atoms with E-state index in [9.17, 15) is 4.79 Å². The van der Waals surface area contributed by atoms with E-state index in [2.05, 4.69) is 27.0 Å². The molecule has 0 aromatic rings. The van der Waals surface area contributed by atoms with Crippen LogP contribution >= 0.6 is 24.0 Å². The second-order valence-corrected chi connectivity index (χ2v) is 6.47. The number of nitrogens with two attached hydrogens (primary N) is 1. The Balaban J connectivity index is 0.00000242. The molecule has 3 N–H and O–H groups in total. The van der Waals surface area contributed by atoms with Crippen molar-refractivity contribution < 1.29 is 4.79 Å². The van der Waals surface area contributed by atoms with Gasteiger partial charge in [-0.05, 0) is 40.0 Å².